The smallest absolute Gasteiger partial charge is 0.319 e. The van der Waals surface area contributed by atoms with Gasteiger partial charge >= 0.3 is 5.97 Å². The van der Waals surface area contributed by atoms with E-state index in [-0.39, 0.29) is 48.9 Å². The fourth-order valence-electron chi connectivity index (χ4n) is 8.66. The molecule has 2 aliphatic heterocycles. The fourth-order valence-corrected chi connectivity index (χ4v) is 10.4. The number of ether oxygens (including phenoxy) is 3. The predicted octanol–water partition coefficient (Wildman–Crippen LogP) is 4.43. The number of rotatable bonds is 4. The molecule has 6 nitrogen and oxygen atoms in total. The van der Waals surface area contributed by atoms with Gasteiger partial charge in [0, 0.05) is 29.6 Å². The summed E-state index contributed by atoms with van der Waals surface area (Å²) >= 11 is 1.41. The van der Waals surface area contributed by atoms with E-state index >= 15 is 8.78 Å². The molecule has 1 N–H and O–H groups in total. The van der Waals surface area contributed by atoms with Crippen LogP contribution in [-0.4, -0.2) is 64.0 Å². The van der Waals surface area contributed by atoms with E-state index in [2.05, 4.69) is 0 Å². The Labute approximate surface area is 214 Å². The summed E-state index contributed by atoms with van der Waals surface area (Å²) in [6.07, 6.45) is 0.628. The SMILES string of the molecule is CCC[C@@H]1O[C@@H]2C[C@H]3[C@@H]4C[C@H](F)C5=CC(=O)CC[C@]5(C)[C@@]4(F)[C@@H](O)C[C@]3(C)[C@]2(S[C@H]2CCOC2=O)O1. The molecule has 0 bridgehead atoms. The first-order valence-electron chi connectivity index (χ1n) is 13.4. The van der Waals surface area contributed by atoms with Crippen LogP contribution in [0.5, 0.6) is 0 Å². The van der Waals surface area contributed by atoms with Crippen molar-refractivity contribution in [2.45, 2.75) is 113 Å². The van der Waals surface area contributed by atoms with Crippen LogP contribution in [-0.2, 0) is 23.8 Å². The largest absolute Gasteiger partial charge is 0.465 e. The molecule has 2 heterocycles. The number of alkyl halides is 2. The minimum Gasteiger partial charge on any atom is -0.465 e. The molecule has 0 amide bonds. The second kappa shape index (κ2) is 8.23. The summed E-state index contributed by atoms with van der Waals surface area (Å²) in [6.45, 7) is 6.10. The Kier molecular flexibility index (Phi) is 5.78. The number of allylic oxidation sites excluding steroid dienone is 1. The number of halogens is 2. The molecule has 200 valence electrons. The third-order valence-electron chi connectivity index (χ3n) is 10.5. The van der Waals surface area contributed by atoms with Gasteiger partial charge in [-0.05, 0) is 49.7 Å². The third-order valence-corrected chi connectivity index (χ3v) is 12.3. The fraction of sp³-hybridized carbons (Fsp3) is 0.852. The first-order chi connectivity index (χ1) is 17.0. The molecule has 6 rings (SSSR count). The van der Waals surface area contributed by atoms with Gasteiger partial charge in [-0.3, -0.25) is 9.59 Å². The molecule has 3 saturated carbocycles. The lowest BCUT2D eigenvalue weighted by atomic mass is 9.44. The normalized spacial score (nSPS) is 53.8. The molecule has 9 heteroatoms. The van der Waals surface area contributed by atoms with Crippen LogP contribution in [0.2, 0.25) is 0 Å². The molecular formula is C27H36F2O6S. The van der Waals surface area contributed by atoms with Crippen LogP contribution in [0.4, 0.5) is 8.78 Å². The maximum absolute atomic E-state index is 17.5. The van der Waals surface area contributed by atoms with E-state index in [1.54, 1.807) is 6.92 Å². The second-order valence-electron chi connectivity index (χ2n) is 12.1. The zero-order valence-electron chi connectivity index (χ0n) is 21.1. The van der Waals surface area contributed by atoms with Crippen molar-refractivity contribution in [3.05, 3.63) is 11.6 Å². The maximum Gasteiger partial charge on any atom is 0.319 e. The van der Waals surface area contributed by atoms with Gasteiger partial charge in [-0.25, -0.2) is 8.78 Å². The number of carbonyl (C=O) groups excluding carboxylic acids is 2. The van der Waals surface area contributed by atoms with Gasteiger partial charge in [0.25, 0.3) is 0 Å². The molecule has 4 aliphatic carbocycles. The molecule has 6 aliphatic rings. The van der Waals surface area contributed by atoms with E-state index < -0.39 is 57.3 Å². The van der Waals surface area contributed by atoms with Gasteiger partial charge in [-0.15, -0.1) is 11.8 Å². The zero-order chi connectivity index (χ0) is 25.7. The van der Waals surface area contributed by atoms with Crippen LogP contribution in [0, 0.1) is 22.7 Å². The molecule has 0 radical (unpaired) electrons. The predicted molar refractivity (Wildman–Crippen MR) is 128 cm³/mol. The van der Waals surface area contributed by atoms with Crippen molar-refractivity contribution in [1.29, 1.82) is 0 Å². The van der Waals surface area contributed by atoms with E-state index in [0.717, 1.165) is 6.42 Å². The van der Waals surface area contributed by atoms with Gasteiger partial charge in [0.15, 0.2) is 12.1 Å². The molecule has 5 fully saturated rings. The first-order valence-corrected chi connectivity index (χ1v) is 14.3. The highest BCUT2D eigenvalue weighted by atomic mass is 32.2. The monoisotopic (exact) mass is 526 g/mol. The van der Waals surface area contributed by atoms with E-state index in [1.165, 1.54) is 17.8 Å². The van der Waals surface area contributed by atoms with Crippen molar-refractivity contribution in [3.63, 3.8) is 0 Å². The van der Waals surface area contributed by atoms with Crippen molar-refractivity contribution in [2.75, 3.05) is 6.61 Å². The lowest BCUT2D eigenvalue weighted by Crippen LogP contribution is -2.70. The highest BCUT2D eigenvalue weighted by Gasteiger charge is 2.79. The van der Waals surface area contributed by atoms with Gasteiger partial charge in [0.05, 0.1) is 12.7 Å². The lowest BCUT2D eigenvalue weighted by molar-refractivity contribution is -0.232. The number of hydrogen-bond acceptors (Lipinski definition) is 7. The van der Waals surface area contributed by atoms with Gasteiger partial charge in [0.2, 0.25) is 0 Å². The van der Waals surface area contributed by atoms with Gasteiger partial charge in [0.1, 0.15) is 28.1 Å². The number of esters is 1. The van der Waals surface area contributed by atoms with Crippen LogP contribution < -0.4 is 0 Å². The maximum atomic E-state index is 17.5. The van der Waals surface area contributed by atoms with Crippen molar-refractivity contribution in [2.24, 2.45) is 22.7 Å². The topological polar surface area (TPSA) is 82.1 Å². The molecule has 0 aromatic rings. The van der Waals surface area contributed by atoms with E-state index in [9.17, 15) is 14.7 Å². The summed E-state index contributed by atoms with van der Waals surface area (Å²) in [5, 5.41) is 11.2. The highest BCUT2D eigenvalue weighted by molar-refractivity contribution is 8.01. The van der Waals surface area contributed by atoms with Gasteiger partial charge in [-0.1, -0.05) is 27.2 Å². The average molecular weight is 527 g/mol. The van der Waals surface area contributed by atoms with Gasteiger partial charge in [-0.2, -0.15) is 0 Å². The van der Waals surface area contributed by atoms with Crippen LogP contribution in [0.3, 0.4) is 0 Å². The second-order valence-corrected chi connectivity index (χ2v) is 13.6. The lowest BCUT2D eigenvalue weighted by Gasteiger charge is -2.64. The molecule has 0 spiro atoms. The Morgan fingerprint density at radius 1 is 1.22 bits per heavy atom. The summed E-state index contributed by atoms with van der Waals surface area (Å²) in [5.74, 6) is -1.53. The number of hydrogen-bond donors (Lipinski definition) is 1. The third kappa shape index (κ3) is 3.06. The zero-order valence-corrected chi connectivity index (χ0v) is 22.0. The Hall–Kier alpha value is -1.03. The number of aliphatic hydroxyl groups is 1. The highest BCUT2D eigenvalue weighted by Crippen LogP contribution is 2.74. The van der Waals surface area contributed by atoms with Crippen LogP contribution in [0.15, 0.2) is 11.6 Å². The number of cyclic esters (lactones) is 1. The van der Waals surface area contributed by atoms with Crippen LogP contribution >= 0.6 is 11.8 Å². The van der Waals surface area contributed by atoms with Crippen molar-refractivity contribution < 1.29 is 37.7 Å². The summed E-state index contributed by atoms with van der Waals surface area (Å²) in [5.41, 5.74) is -3.85. The minimum atomic E-state index is -2.06. The molecule has 36 heavy (non-hydrogen) atoms. The molecule has 2 saturated heterocycles. The quantitative estimate of drug-likeness (QED) is 0.543. The molecule has 11 atom stereocenters. The Balaban J connectivity index is 1.42. The summed E-state index contributed by atoms with van der Waals surface area (Å²) in [4.78, 5) is 23.7. The number of ketones is 1. The van der Waals surface area contributed by atoms with Crippen LogP contribution in [0.1, 0.15) is 72.1 Å². The Morgan fingerprint density at radius 2 is 2.00 bits per heavy atom. The summed E-state index contributed by atoms with van der Waals surface area (Å²) in [7, 11) is 0. The van der Waals surface area contributed by atoms with Crippen LogP contribution in [0.25, 0.3) is 0 Å². The average Bonchev–Trinajstić information content (AvgIpc) is 3.44. The number of thioether (sulfide) groups is 1. The summed E-state index contributed by atoms with van der Waals surface area (Å²) < 4.78 is 51.5. The van der Waals surface area contributed by atoms with E-state index in [4.69, 9.17) is 14.2 Å². The number of fused-ring (bicyclic) bond motifs is 7. The molecular weight excluding hydrogens is 490 g/mol. The Bertz CT molecular complexity index is 1010. The number of aliphatic hydroxyl groups excluding tert-OH is 1. The van der Waals surface area contributed by atoms with Crippen molar-refractivity contribution >= 4 is 23.5 Å². The minimum absolute atomic E-state index is 0.0835. The summed E-state index contributed by atoms with van der Waals surface area (Å²) in [6, 6.07) is 0. The Morgan fingerprint density at radius 3 is 2.69 bits per heavy atom. The van der Waals surface area contributed by atoms with E-state index in [1.807, 2.05) is 13.8 Å². The van der Waals surface area contributed by atoms with Crippen molar-refractivity contribution in [3.8, 4) is 0 Å². The molecule has 0 aromatic carbocycles. The van der Waals surface area contributed by atoms with Gasteiger partial charge < -0.3 is 19.3 Å². The molecule has 0 unspecified atom stereocenters. The number of carbonyl (C=O) groups is 2. The van der Waals surface area contributed by atoms with E-state index in [0.29, 0.717) is 25.9 Å². The molecule has 0 aromatic heterocycles. The standard InChI is InChI=1S/C27H36F2O6S/c1-4-5-22-34-21-12-15-16-11-18(28)17-10-14(30)6-8-24(17,2)26(16,29)20(31)13-25(15,3)27(21,35-22)36-19-7-9-33-23(19)32/h10,15-16,18-22,31H,4-9,11-13H2,1-3H3/t15-,16-,18-,19-,20-,21+,22+,24-,25-,26-,27-/m0/s1. The van der Waals surface area contributed by atoms with Crippen molar-refractivity contribution in [1.82, 2.24) is 0 Å². The first kappa shape index (κ1) is 25.3.